The van der Waals surface area contributed by atoms with Gasteiger partial charge < -0.3 is 9.64 Å². The number of fused-ring (bicyclic) bond motifs is 1. The fraction of sp³-hybridized carbons (Fsp3) is 0.348. The Morgan fingerprint density at radius 2 is 1.97 bits per heavy atom. The van der Waals surface area contributed by atoms with E-state index in [1.165, 1.54) is 6.08 Å². The number of H-pyrrole nitrogens is 1. The van der Waals surface area contributed by atoms with Crippen LogP contribution in [0, 0.1) is 0 Å². The highest BCUT2D eigenvalue weighted by molar-refractivity contribution is 7.90. The van der Waals surface area contributed by atoms with E-state index in [4.69, 9.17) is 4.74 Å². The Morgan fingerprint density at radius 1 is 1.18 bits per heavy atom. The highest BCUT2D eigenvalue weighted by Crippen LogP contribution is 2.18. The van der Waals surface area contributed by atoms with Crippen molar-refractivity contribution in [3.63, 3.8) is 0 Å². The van der Waals surface area contributed by atoms with Crippen molar-refractivity contribution in [2.75, 3.05) is 31.2 Å². The normalized spacial score (nSPS) is 15.3. The molecule has 0 atom stereocenters. The van der Waals surface area contributed by atoms with Crippen LogP contribution in [-0.4, -0.2) is 61.1 Å². The summed E-state index contributed by atoms with van der Waals surface area (Å²) < 4.78 is 32.9. The number of para-hydroxylation sites is 1. The summed E-state index contributed by atoms with van der Waals surface area (Å²) in [6.07, 6.45) is 6.32. The molecule has 3 heterocycles. The van der Waals surface area contributed by atoms with Crippen LogP contribution in [0.15, 0.2) is 54.7 Å². The molecular weight excluding hydrogens is 442 g/mol. The predicted molar refractivity (Wildman–Crippen MR) is 127 cm³/mol. The van der Waals surface area contributed by atoms with Crippen LogP contribution in [0.2, 0.25) is 0 Å². The summed E-state index contributed by atoms with van der Waals surface area (Å²) in [7, 11) is -3.39. The zero-order chi connectivity index (χ0) is 23.1. The maximum absolute atomic E-state index is 13.1. The van der Waals surface area contributed by atoms with E-state index in [0.717, 1.165) is 11.1 Å². The van der Waals surface area contributed by atoms with Gasteiger partial charge in [-0.3, -0.25) is 9.89 Å². The molecule has 10 heteroatoms. The molecular formula is C23H27N5O4S. The lowest BCUT2D eigenvalue weighted by Crippen LogP contribution is -2.39. The molecule has 1 aliphatic rings. The number of benzene rings is 1. The smallest absolute Gasteiger partial charge is 0.251 e. The zero-order valence-electron chi connectivity index (χ0n) is 18.2. The van der Waals surface area contributed by atoms with E-state index in [-0.39, 0.29) is 12.5 Å². The number of amides is 1. The van der Waals surface area contributed by atoms with Crippen LogP contribution in [0.5, 0.6) is 0 Å². The van der Waals surface area contributed by atoms with Crippen molar-refractivity contribution >= 4 is 38.7 Å². The van der Waals surface area contributed by atoms with Gasteiger partial charge in [0.1, 0.15) is 0 Å². The SMILES string of the molecule is O=C(/C=C/c1[nH]nc2ncccc12)N(CCCNS(=O)(=O)C1CCOCC1)c1ccccc1. The standard InChI is InChI=1S/C23H27N5O4S/c29-22(10-9-21-20-8-4-13-24-23(20)27-26-21)28(18-6-2-1-3-7-18)15-5-14-25-33(30,31)19-11-16-32-17-12-19/h1-4,6-10,13,19,25H,5,11-12,14-17H2,(H,24,26,27)/b10-9+. The highest BCUT2D eigenvalue weighted by Gasteiger charge is 2.27. The molecule has 0 aliphatic carbocycles. The molecule has 2 N–H and O–H groups in total. The molecule has 1 fully saturated rings. The van der Waals surface area contributed by atoms with Gasteiger partial charge in [0.2, 0.25) is 10.0 Å². The van der Waals surface area contributed by atoms with E-state index in [1.54, 1.807) is 17.2 Å². The fourth-order valence-electron chi connectivity index (χ4n) is 3.77. The average Bonchev–Trinajstić information content (AvgIpc) is 3.27. The third-order valence-electron chi connectivity index (χ3n) is 5.55. The summed E-state index contributed by atoms with van der Waals surface area (Å²) in [6, 6.07) is 13.0. The van der Waals surface area contributed by atoms with E-state index < -0.39 is 15.3 Å². The van der Waals surface area contributed by atoms with Gasteiger partial charge in [-0.25, -0.2) is 18.1 Å². The number of nitrogens with one attached hydrogen (secondary N) is 2. The van der Waals surface area contributed by atoms with Gasteiger partial charge in [-0.15, -0.1) is 0 Å². The predicted octanol–water partition coefficient (Wildman–Crippen LogP) is 2.49. The molecule has 174 valence electrons. The van der Waals surface area contributed by atoms with Crippen LogP contribution in [0.1, 0.15) is 25.0 Å². The first-order valence-electron chi connectivity index (χ1n) is 10.9. The third-order valence-corrected chi connectivity index (χ3v) is 7.51. The Hall–Kier alpha value is -3.08. The first kappa shape index (κ1) is 23.1. The van der Waals surface area contributed by atoms with E-state index in [9.17, 15) is 13.2 Å². The van der Waals surface area contributed by atoms with E-state index in [1.807, 2.05) is 42.5 Å². The second-order valence-electron chi connectivity index (χ2n) is 7.78. The number of hydrogen-bond acceptors (Lipinski definition) is 6. The number of anilines is 1. The van der Waals surface area contributed by atoms with Crippen molar-refractivity contribution in [3.05, 3.63) is 60.4 Å². The summed E-state index contributed by atoms with van der Waals surface area (Å²) in [5.74, 6) is -0.208. The number of aromatic amines is 1. The number of sulfonamides is 1. The molecule has 1 amide bonds. The topological polar surface area (TPSA) is 117 Å². The third kappa shape index (κ3) is 5.84. The lowest BCUT2D eigenvalue weighted by Gasteiger charge is -2.24. The number of carbonyl (C=O) groups excluding carboxylic acids is 1. The van der Waals surface area contributed by atoms with E-state index in [2.05, 4.69) is 19.9 Å². The summed E-state index contributed by atoms with van der Waals surface area (Å²) in [5.41, 5.74) is 2.03. The van der Waals surface area contributed by atoms with E-state index in [0.29, 0.717) is 50.4 Å². The number of ether oxygens (including phenoxy) is 1. The summed E-state index contributed by atoms with van der Waals surface area (Å²) >= 11 is 0. The van der Waals surface area contributed by atoms with Gasteiger partial charge in [0.25, 0.3) is 5.91 Å². The Bertz CT molecular complexity index is 1200. The largest absolute Gasteiger partial charge is 0.381 e. The van der Waals surface area contributed by atoms with Gasteiger partial charge in [-0.2, -0.15) is 5.10 Å². The molecule has 4 rings (SSSR count). The van der Waals surface area contributed by atoms with Crippen molar-refractivity contribution in [3.8, 4) is 0 Å². The molecule has 1 aromatic carbocycles. The molecule has 33 heavy (non-hydrogen) atoms. The molecule has 0 unspecified atom stereocenters. The molecule has 3 aromatic rings. The molecule has 0 saturated carbocycles. The molecule has 1 aliphatic heterocycles. The second kappa shape index (κ2) is 10.7. The van der Waals surface area contributed by atoms with Gasteiger partial charge >= 0.3 is 0 Å². The minimum atomic E-state index is -3.39. The number of pyridine rings is 1. The first-order valence-corrected chi connectivity index (χ1v) is 12.5. The number of aromatic nitrogens is 3. The monoisotopic (exact) mass is 469 g/mol. The molecule has 0 spiro atoms. The summed E-state index contributed by atoms with van der Waals surface area (Å²) in [4.78, 5) is 18.9. The minimum absolute atomic E-state index is 0.208. The lowest BCUT2D eigenvalue weighted by atomic mass is 10.2. The Kier molecular flexibility index (Phi) is 7.48. The number of rotatable bonds is 9. The van der Waals surface area contributed by atoms with Crippen LogP contribution in [0.4, 0.5) is 5.69 Å². The molecule has 0 bridgehead atoms. The Morgan fingerprint density at radius 3 is 2.76 bits per heavy atom. The van der Waals surface area contributed by atoms with E-state index >= 15 is 0 Å². The van der Waals surface area contributed by atoms with Crippen molar-refractivity contribution in [1.82, 2.24) is 19.9 Å². The van der Waals surface area contributed by atoms with Crippen molar-refractivity contribution < 1.29 is 17.9 Å². The molecule has 1 saturated heterocycles. The Labute approximate surface area is 192 Å². The van der Waals surface area contributed by atoms with Crippen LogP contribution in [0.3, 0.4) is 0 Å². The van der Waals surface area contributed by atoms with Crippen molar-refractivity contribution in [2.24, 2.45) is 0 Å². The Balaban J connectivity index is 1.40. The van der Waals surface area contributed by atoms with Gasteiger partial charge in [-0.1, -0.05) is 18.2 Å². The zero-order valence-corrected chi connectivity index (χ0v) is 19.0. The maximum atomic E-state index is 13.1. The van der Waals surface area contributed by atoms with Crippen LogP contribution in [0.25, 0.3) is 17.1 Å². The number of nitrogens with zero attached hydrogens (tertiary/aromatic N) is 3. The number of hydrogen-bond donors (Lipinski definition) is 2. The molecule has 9 nitrogen and oxygen atoms in total. The molecule has 0 radical (unpaired) electrons. The van der Waals surface area contributed by atoms with Crippen LogP contribution >= 0.6 is 0 Å². The van der Waals surface area contributed by atoms with Gasteiger partial charge in [-0.05, 0) is 49.6 Å². The fourth-order valence-corrected chi connectivity index (χ4v) is 5.25. The second-order valence-corrected chi connectivity index (χ2v) is 9.82. The minimum Gasteiger partial charge on any atom is -0.381 e. The lowest BCUT2D eigenvalue weighted by molar-refractivity contribution is -0.114. The van der Waals surface area contributed by atoms with Gasteiger partial charge in [0.05, 0.1) is 10.9 Å². The quantitative estimate of drug-likeness (QED) is 0.367. The van der Waals surface area contributed by atoms with Gasteiger partial charge in [0.15, 0.2) is 5.65 Å². The summed E-state index contributed by atoms with van der Waals surface area (Å²) in [6.45, 7) is 1.57. The maximum Gasteiger partial charge on any atom is 0.251 e. The first-order chi connectivity index (χ1) is 16.0. The van der Waals surface area contributed by atoms with Crippen LogP contribution in [-0.2, 0) is 19.6 Å². The average molecular weight is 470 g/mol. The molecule has 2 aromatic heterocycles. The van der Waals surface area contributed by atoms with Crippen molar-refractivity contribution in [2.45, 2.75) is 24.5 Å². The highest BCUT2D eigenvalue weighted by atomic mass is 32.2. The van der Waals surface area contributed by atoms with Crippen molar-refractivity contribution in [1.29, 1.82) is 0 Å². The summed E-state index contributed by atoms with van der Waals surface area (Å²) in [5, 5.41) is 7.44. The van der Waals surface area contributed by atoms with Crippen LogP contribution < -0.4 is 9.62 Å². The number of carbonyl (C=O) groups is 1. The van der Waals surface area contributed by atoms with Gasteiger partial charge in [0, 0.05) is 49.6 Å².